The first-order valence-electron chi connectivity index (χ1n) is 8.14. The molecule has 0 saturated carbocycles. The van der Waals surface area contributed by atoms with Crippen molar-refractivity contribution in [3.05, 3.63) is 34.6 Å². The largest absolute Gasteiger partial charge is 0.395 e. The van der Waals surface area contributed by atoms with Crippen LogP contribution < -0.4 is 5.32 Å². The standard InChI is InChI=1S/C17H20ClFN2O5/c18-12-7-11(8-13(19)9-12)1-2-14(23)17(26)3-5-21(16(17)25)10-15(24)20-4-6-22/h7-9,22,26H,1-6,10H2,(H,20,24). The normalized spacial score (nSPS) is 19.7. The van der Waals surface area contributed by atoms with Crippen LogP contribution in [0.15, 0.2) is 18.2 Å². The zero-order valence-electron chi connectivity index (χ0n) is 14.0. The highest BCUT2D eigenvalue weighted by atomic mass is 35.5. The van der Waals surface area contributed by atoms with E-state index in [0.717, 1.165) is 11.0 Å². The number of hydrogen-bond donors (Lipinski definition) is 3. The van der Waals surface area contributed by atoms with Gasteiger partial charge in [0.1, 0.15) is 5.82 Å². The van der Waals surface area contributed by atoms with Crippen LogP contribution in [0, 0.1) is 5.82 Å². The number of carbonyl (C=O) groups excluding carboxylic acids is 3. The second kappa shape index (κ2) is 8.57. The van der Waals surface area contributed by atoms with Gasteiger partial charge in [0.25, 0.3) is 5.91 Å². The molecule has 0 radical (unpaired) electrons. The SMILES string of the molecule is O=C(CN1CCC(O)(C(=O)CCc2cc(F)cc(Cl)c2)C1=O)NCCO. The predicted octanol–water partition coefficient (Wildman–Crippen LogP) is 0.0527. The third-order valence-electron chi connectivity index (χ3n) is 4.18. The Morgan fingerprint density at radius 3 is 2.73 bits per heavy atom. The number of Topliss-reactive ketones (excluding diaryl/α,β-unsaturated/α-hetero) is 1. The summed E-state index contributed by atoms with van der Waals surface area (Å²) in [5, 5.41) is 21.7. The molecular weight excluding hydrogens is 367 g/mol. The number of aryl methyl sites for hydroxylation is 1. The van der Waals surface area contributed by atoms with E-state index >= 15 is 0 Å². The Kier molecular flexibility index (Phi) is 6.69. The Morgan fingerprint density at radius 2 is 2.08 bits per heavy atom. The van der Waals surface area contributed by atoms with E-state index in [1.54, 1.807) is 0 Å². The molecule has 2 rings (SSSR count). The molecule has 1 unspecified atom stereocenters. The second-order valence-corrected chi connectivity index (χ2v) is 6.55. The lowest BCUT2D eigenvalue weighted by Crippen LogP contribution is -2.48. The molecule has 1 aromatic carbocycles. The van der Waals surface area contributed by atoms with Gasteiger partial charge >= 0.3 is 0 Å². The van der Waals surface area contributed by atoms with Crippen molar-refractivity contribution in [2.24, 2.45) is 0 Å². The number of nitrogens with zero attached hydrogens (tertiary/aromatic N) is 1. The number of rotatable bonds is 8. The van der Waals surface area contributed by atoms with Crippen molar-refractivity contribution in [2.45, 2.75) is 24.9 Å². The first-order valence-corrected chi connectivity index (χ1v) is 8.51. The van der Waals surface area contributed by atoms with Gasteiger partial charge in [-0.1, -0.05) is 11.6 Å². The van der Waals surface area contributed by atoms with Crippen LogP contribution in [0.1, 0.15) is 18.4 Å². The van der Waals surface area contributed by atoms with Gasteiger partial charge in [0.2, 0.25) is 11.5 Å². The lowest BCUT2D eigenvalue weighted by Gasteiger charge is -2.21. The first kappa shape index (κ1) is 20.3. The van der Waals surface area contributed by atoms with E-state index in [-0.39, 0.29) is 50.5 Å². The summed E-state index contributed by atoms with van der Waals surface area (Å²) in [6.45, 7) is -0.403. The van der Waals surface area contributed by atoms with E-state index in [2.05, 4.69) is 5.32 Å². The van der Waals surface area contributed by atoms with Crippen molar-refractivity contribution < 1.29 is 29.0 Å². The van der Waals surface area contributed by atoms with Gasteiger partial charge in [0, 0.05) is 31.0 Å². The molecule has 142 valence electrons. The number of ketones is 1. The summed E-state index contributed by atoms with van der Waals surface area (Å²) in [5.74, 6) is -2.52. The highest BCUT2D eigenvalue weighted by Gasteiger charge is 2.50. The van der Waals surface area contributed by atoms with Gasteiger partial charge in [-0.3, -0.25) is 14.4 Å². The Bertz CT molecular complexity index is 694. The molecule has 0 bridgehead atoms. The van der Waals surface area contributed by atoms with Crippen molar-refractivity contribution in [1.29, 1.82) is 0 Å². The summed E-state index contributed by atoms with van der Waals surface area (Å²) in [6.07, 6.45) is -0.142. The van der Waals surface area contributed by atoms with Crippen LogP contribution in [-0.2, 0) is 20.8 Å². The zero-order valence-corrected chi connectivity index (χ0v) is 14.8. The predicted molar refractivity (Wildman–Crippen MR) is 91.0 cm³/mol. The van der Waals surface area contributed by atoms with Crippen LogP contribution in [0.5, 0.6) is 0 Å². The number of likely N-dealkylation sites (tertiary alicyclic amines) is 1. The van der Waals surface area contributed by atoms with E-state index in [1.807, 2.05) is 0 Å². The molecule has 0 spiro atoms. The fourth-order valence-electron chi connectivity index (χ4n) is 2.82. The summed E-state index contributed by atoms with van der Waals surface area (Å²) in [4.78, 5) is 37.4. The van der Waals surface area contributed by atoms with Gasteiger partial charge in [0.05, 0.1) is 13.2 Å². The fourth-order valence-corrected chi connectivity index (χ4v) is 3.07. The van der Waals surface area contributed by atoms with Crippen LogP contribution >= 0.6 is 11.6 Å². The van der Waals surface area contributed by atoms with Gasteiger partial charge in [-0.05, 0) is 30.2 Å². The van der Waals surface area contributed by atoms with Crippen molar-refractivity contribution in [3.8, 4) is 0 Å². The van der Waals surface area contributed by atoms with E-state index in [0.29, 0.717) is 5.56 Å². The lowest BCUT2D eigenvalue weighted by atomic mass is 9.92. The Labute approximate surface area is 154 Å². The molecule has 7 nitrogen and oxygen atoms in total. The molecule has 0 aromatic heterocycles. The molecular formula is C17H20ClFN2O5. The summed E-state index contributed by atoms with van der Waals surface area (Å²) >= 11 is 5.76. The van der Waals surface area contributed by atoms with Crippen LogP contribution in [0.4, 0.5) is 4.39 Å². The zero-order chi connectivity index (χ0) is 19.3. The van der Waals surface area contributed by atoms with Crippen molar-refractivity contribution in [2.75, 3.05) is 26.2 Å². The van der Waals surface area contributed by atoms with Crippen molar-refractivity contribution in [3.63, 3.8) is 0 Å². The maximum atomic E-state index is 13.3. The van der Waals surface area contributed by atoms with Gasteiger partial charge in [-0.25, -0.2) is 4.39 Å². The van der Waals surface area contributed by atoms with Crippen LogP contribution in [0.25, 0.3) is 0 Å². The number of aliphatic hydroxyl groups excluding tert-OH is 1. The molecule has 1 aromatic rings. The minimum atomic E-state index is -2.17. The Hall–Kier alpha value is -2.03. The van der Waals surface area contributed by atoms with Crippen molar-refractivity contribution >= 4 is 29.2 Å². The summed E-state index contributed by atoms with van der Waals surface area (Å²) in [7, 11) is 0. The lowest BCUT2D eigenvalue weighted by molar-refractivity contribution is -0.154. The number of halogens is 2. The van der Waals surface area contributed by atoms with Crippen molar-refractivity contribution in [1.82, 2.24) is 10.2 Å². The topological polar surface area (TPSA) is 107 Å². The second-order valence-electron chi connectivity index (χ2n) is 6.11. The highest BCUT2D eigenvalue weighted by Crippen LogP contribution is 2.26. The highest BCUT2D eigenvalue weighted by molar-refractivity contribution is 6.30. The Morgan fingerprint density at radius 1 is 1.35 bits per heavy atom. The summed E-state index contributed by atoms with van der Waals surface area (Å²) in [6, 6.07) is 3.88. The van der Waals surface area contributed by atoms with E-state index < -0.39 is 29.0 Å². The quantitative estimate of drug-likeness (QED) is 0.547. The molecule has 1 aliphatic rings. The molecule has 1 fully saturated rings. The number of aliphatic hydroxyl groups is 2. The molecule has 1 saturated heterocycles. The summed E-state index contributed by atoms with van der Waals surface area (Å²) in [5.41, 5.74) is -1.69. The third-order valence-corrected chi connectivity index (χ3v) is 4.40. The number of amides is 2. The molecule has 1 atom stereocenters. The maximum Gasteiger partial charge on any atom is 0.262 e. The van der Waals surface area contributed by atoms with Crippen LogP contribution in [0.2, 0.25) is 5.02 Å². The minimum absolute atomic E-state index is 0.0558. The molecule has 0 aliphatic carbocycles. The van der Waals surface area contributed by atoms with E-state index in [1.165, 1.54) is 12.1 Å². The number of nitrogens with one attached hydrogen (secondary N) is 1. The first-order chi connectivity index (χ1) is 12.3. The monoisotopic (exact) mass is 386 g/mol. The number of hydrogen-bond acceptors (Lipinski definition) is 5. The van der Waals surface area contributed by atoms with Crippen LogP contribution in [-0.4, -0.2) is 64.6 Å². The maximum absolute atomic E-state index is 13.3. The van der Waals surface area contributed by atoms with Crippen LogP contribution in [0.3, 0.4) is 0 Å². The molecule has 9 heteroatoms. The number of carbonyl (C=O) groups is 3. The molecule has 1 heterocycles. The molecule has 3 N–H and O–H groups in total. The molecule has 1 aliphatic heterocycles. The summed E-state index contributed by atoms with van der Waals surface area (Å²) < 4.78 is 13.3. The minimum Gasteiger partial charge on any atom is -0.395 e. The van der Waals surface area contributed by atoms with E-state index in [9.17, 15) is 23.9 Å². The molecule has 2 amide bonds. The van der Waals surface area contributed by atoms with Gasteiger partial charge in [0.15, 0.2) is 5.78 Å². The average Bonchev–Trinajstić information content (AvgIpc) is 2.86. The van der Waals surface area contributed by atoms with E-state index in [4.69, 9.17) is 16.7 Å². The third kappa shape index (κ3) is 4.78. The smallest absolute Gasteiger partial charge is 0.262 e. The van der Waals surface area contributed by atoms with Gasteiger partial charge < -0.3 is 20.4 Å². The van der Waals surface area contributed by atoms with Gasteiger partial charge in [-0.15, -0.1) is 0 Å². The fraction of sp³-hybridized carbons (Fsp3) is 0.471. The molecule has 26 heavy (non-hydrogen) atoms. The van der Waals surface area contributed by atoms with Gasteiger partial charge in [-0.2, -0.15) is 0 Å². The number of benzene rings is 1. The average molecular weight is 387 g/mol. The Balaban J connectivity index is 1.95.